The number of aryl methyl sites for hydroxylation is 2. The highest BCUT2D eigenvalue weighted by atomic mass is 79.9. The van der Waals surface area contributed by atoms with Crippen LogP contribution in [0.3, 0.4) is 0 Å². The van der Waals surface area contributed by atoms with Crippen molar-refractivity contribution in [2.45, 2.75) is 26.8 Å². The van der Waals surface area contributed by atoms with Gasteiger partial charge in [0.2, 0.25) is 17.8 Å². The highest BCUT2D eigenvalue weighted by molar-refractivity contribution is 5.95. The molecule has 0 N–H and O–H groups in total. The van der Waals surface area contributed by atoms with Gasteiger partial charge >= 0.3 is 0 Å². The number of halogens is 1. The Morgan fingerprint density at radius 3 is 2.48 bits per heavy atom. The lowest BCUT2D eigenvalue weighted by atomic mass is 10.1. The van der Waals surface area contributed by atoms with E-state index < -0.39 is 0 Å². The molecule has 0 radical (unpaired) electrons. The number of aromatic nitrogens is 1. The molecule has 0 saturated carbocycles. The number of Topliss-reactive ketones (excluding diaryl/α,β-unsaturated/α-hetero) is 1. The number of nitrogens with zero attached hydrogens (tertiary/aromatic N) is 1. The van der Waals surface area contributed by atoms with Crippen LogP contribution < -0.4 is 21.5 Å². The van der Waals surface area contributed by atoms with Gasteiger partial charge in [-0.3, -0.25) is 4.79 Å². The average molecular weight is 370 g/mol. The lowest BCUT2D eigenvalue weighted by Gasteiger charge is -2.03. The molecule has 0 spiro atoms. The first-order valence-corrected chi connectivity index (χ1v) is 7.68. The van der Waals surface area contributed by atoms with Crippen molar-refractivity contribution in [1.29, 1.82) is 0 Å². The summed E-state index contributed by atoms with van der Waals surface area (Å²) < 4.78 is 2.02. The van der Waals surface area contributed by atoms with Crippen molar-refractivity contribution in [1.82, 2.24) is 0 Å². The van der Waals surface area contributed by atoms with Crippen molar-refractivity contribution >= 4 is 16.7 Å². The van der Waals surface area contributed by atoms with Gasteiger partial charge in [-0.05, 0) is 31.0 Å². The van der Waals surface area contributed by atoms with Crippen molar-refractivity contribution in [2.75, 3.05) is 0 Å². The lowest BCUT2D eigenvalue weighted by molar-refractivity contribution is -0.657. The summed E-state index contributed by atoms with van der Waals surface area (Å²) in [6.07, 6.45) is 2.96. The van der Waals surface area contributed by atoms with Crippen molar-refractivity contribution in [3.05, 3.63) is 77.5 Å². The van der Waals surface area contributed by atoms with E-state index in [0.717, 1.165) is 22.9 Å². The Bertz CT molecular complexity index is 825. The molecule has 1 aromatic heterocycles. The van der Waals surface area contributed by atoms with E-state index in [0.29, 0.717) is 6.54 Å². The maximum Gasteiger partial charge on any atom is 0.227 e. The van der Waals surface area contributed by atoms with Crippen molar-refractivity contribution in [3.8, 4) is 0 Å². The number of carbonyl (C=O) groups is 1. The largest absolute Gasteiger partial charge is 1.00 e. The second-order valence-electron chi connectivity index (χ2n) is 5.67. The third kappa shape index (κ3) is 3.85. The molecule has 0 bridgehead atoms. The molecule has 0 aliphatic carbocycles. The Morgan fingerprint density at radius 2 is 1.78 bits per heavy atom. The quantitative estimate of drug-likeness (QED) is 0.494. The summed E-state index contributed by atoms with van der Waals surface area (Å²) in [6.45, 7) is 4.56. The zero-order valence-electron chi connectivity index (χ0n) is 13.4. The predicted octanol–water partition coefficient (Wildman–Crippen LogP) is 0.885. The Labute approximate surface area is 147 Å². The minimum atomic E-state index is 0. The molecule has 3 rings (SSSR count). The smallest absolute Gasteiger partial charge is 0.227 e. The van der Waals surface area contributed by atoms with Gasteiger partial charge in [0, 0.05) is 23.1 Å². The number of fused-ring (bicyclic) bond motifs is 1. The first kappa shape index (κ1) is 17.4. The molecule has 118 valence electrons. The van der Waals surface area contributed by atoms with Gasteiger partial charge in [-0.2, -0.15) is 4.57 Å². The third-order valence-corrected chi connectivity index (χ3v) is 4.03. The Morgan fingerprint density at radius 1 is 1.04 bits per heavy atom. The summed E-state index contributed by atoms with van der Waals surface area (Å²) in [5.74, 6) is 0.140. The summed E-state index contributed by atoms with van der Waals surface area (Å²) in [6, 6.07) is 18.3. The predicted molar refractivity (Wildman–Crippen MR) is 89.0 cm³/mol. The van der Waals surface area contributed by atoms with E-state index >= 15 is 0 Å². The van der Waals surface area contributed by atoms with Crippen molar-refractivity contribution in [3.63, 3.8) is 0 Å². The summed E-state index contributed by atoms with van der Waals surface area (Å²) in [5.41, 5.74) is 4.34. The van der Waals surface area contributed by atoms with E-state index in [-0.39, 0.29) is 22.8 Å². The van der Waals surface area contributed by atoms with Gasteiger partial charge in [-0.25, -0.2) is 0 Å². The zero-order valence-corrected chi connectivity index (χ0v) is 15.0. The minimum absolute atomic E-state index is 0. The molecule has 0 aliphatic heterocycles. The fourth-order valence-corrected chi connectivity index (χ4v) is 2.71. The van der Waals surface area contributed by atoms with Crippen LogP contribution in [0.5, 0.6) is 0 Å². The van der Waals surface area contributed by atoms with Crippen LogP contribution in [-0.4, -0.2) is 5.78 Å². The summed E-state index contributed by atoms with van der Waals surface area (Å²) in [5, 5.41) is 1.16. The molecule has 1 heterocycles. The van der Waals surface area contributed by atoms with Gasteiger partial charge in [0.15, 0.2) is 6.20 Å². The topological polar surface area (TPSA) is 20.9 Å². The van der Waals surface area contributed by atoms with Gasteiger partial charge in [0.05, 0.1) is 0 Å². The van der Waals surface area contributed by atoms with Crippen LogP contribution in [0.1, 0.15) is 28.4 Å². The summed E-state index contributed by atoms with van der Waals surface area (Å²) in [4.78, 5) is 12.5. The number of pyridine rings is 1. The third-order valence-electron chi connectivity index (χ3n) is 4.03. The van der Waals surface area contributed by atoms with Crippen LogP contribution >= 0.6 is 0 Å². The number of benzene rings is 2. The summed E-state index contributed by atoms with van der Waals surface area (Å²) >= 11 is 0. The van der Waals surface area contributed by atoms with Gasteiger partial charge in [-0.1, -0.05) is 42.8 Å². The van der Waals surface area contributed by atoms with Crippen LogP contribution in [0.4, 0.5) is 0 Å². The van der Waals surface area contributed by atoms with Crippen molar-refractivity contribution < 1.29 is 26.3 Å². The molecular weight excluding hydrogens is 350 g/mol. The highest BCUT2D eigenvalue weighted by Crippen LogP contribution is 2.12. The lowest BCUT2D eigenvalue weighted by Crippen LogP contribution is -3.00. The Kier molecular flexibility index (Phi) is 5.67. The number of carbonyl (C=O) groups excluding carboxylic acids is 1. The molecule has 0 saturated heterocycles. The zero-order chi connectivity index (χ0) is 15.5. The fourth-order valence-electron chi connectivity index (χ4n) is 2.71. The Balaban J connectivity index is 0.00000192. The molecule has 0 amide bonds. The van der Waals surface area contributed by atoms with Gasteiger partial charge in [0.1, 0.15) is 0 Å². The van der Waals surface area contributed by atoms with E-state index in [1.807, 2.05) is 41.1 Å². The van der Waals surface area contributed by atoms with E-state index in [2.05, 4.69) is 38.1 Å². The van der Waals surface area contributed by atoms with Gasteiger partial charge in [0.25, 0.3) is 0 Å². The molecule has 3 heteroatoms. The van der Waals surface area contributed by atoms with E-state index in [4.69, 9.17) is 0 Å². The van der Waals surface area contributed by atoms with Crippen LogP contribution in [0.2, 0.25) is 0 Å². The molecule has 0 aliphatic rings. The highest BCUT2D eigenvalue weighted by Gasteiger charge is 2.15. The molecule has 2 aromatic carbocycles. The van der Waals surface area contributed by atoms with E-state index in [1.54, 1.807) is 0 Å². The number of ketones is 1. The standard InChI is InChI=1S/C20H20NO.BrH/c1-3-16-7-9-17(10-8-16)20(22)14-21-12-4-5-18-13-15(2)6-11-19(18)21;/h4-13H,3,14H2,1-2H3;1H/q+1;/p-1. The number of hydrogen-bond acceptors (Lipinski definition) is 1. The molecule has 0 fully saturated rings. The van der Waals surface area contributed by atoms with Gasteiger partial charge < -0.3 is 17.0 Å². The molecule has 0 atom stereocenters. The maximum absolute atomic E-state index is 12.5. The first-order chi connectivity index (χ1) is 10.7. The number of rotatable bonds is 4. The Hall–Kier alpha value is -2.00. The molecule has 23 heavy (non-hydrogen) atoms. The molecule has 3 aromatic rings. The van der Waals surface area contributed by atoms with Crippen LogP contribution in [0, 0.1) is 6.92 Å². The monoisotopic (exact) mass is 369 g/mol. The van der Waals surface area contributed by atoms with E-state index in [1.165, 1.54) is 11.1 Å². The van der Waals surface area contributed by atoms with E-state index in [9.17, 15) is 4.79 Å². The SMILES string of the molecule is CCc1ccc(C(=O)C[n+]2cccc3cc(C)ccc32)cc1.[Br-]. The fraction of sp³-hybridized carbons (Fsp3) is 0.200. The maximum atomic E-state index is 12.5. The summed E-state index contributed by atoms with van der Waals surface area (Å²) in [7, 11) is 0. The molecular formula is C20H20BrNO. The molecule has 2 nitrogen and oxygen atoms in total. The normalized spacial score (nSPS) is 10.3. The van der Waals surface area contributed by atoms with Crippen LogP contribution in [0.15, 0.2) is 60.8 Å². The second kappa shape index (κ2) is 7.51. The number of hydrogen-bond donors (Lipinski definition) is 0. The van der Waals surface area contributed by atoms with Crippen molar-refractivity contribution in [2.24, 2.45) is 0 Å². The van der Waals surface area contributed by atoms with Crippen LogP contribution in [-0.2, 0) is 13.0 Å². The second-order valence-corrected chi connectivity index (χ2v) is 5.67. The minimum Gasteiger partial charge on any atom is -1.00 e. The average Bonchev–Trinajstić information content (AvgIpc) is 2.55. The van der Waals surface area contributed by atoms with Gasteiger partial charge in [-0.15, -0.1) is 0 Å². The van der Waals surface area contributed by atoms with Crippen LogP contribution in [0.25, 0.3) is 10.9 Å². The first-order valence-electron chi connectivity index (χ1n) is 7.68. The molecule has 0 unspecified atom stereocenters.